The Bertz CT molecular complexity index is 431. The Balaban J connectivity index is 2.33. The molecule has 4 N–H and O–H groups in total. The van der Waals surface area contributed by atoms with Crippen LogP contribution in [0, 0.1) is 5.92 Å². The van der Waals surface area contributed by atoms with Crippen LogP contribution in [0.1, 0.15) is 30.1 Å². The first-order valence-corrected chi connectivity index (χ1v) is 6.02. The lowest BCUT2D eigenvalue weighted by molar-refractivity contribution is 0.100. The number of nitrogens with zero attached hydrogens (tertiary/aromatic N) is 1. The first-order valence-electron chi connectivity index (χ1n) is 6.02. The van der Waals surface area contributed by atoms with E-state index in [0.717, 1.165) is 25.2 Å². The van der Waals surface area contributed by atoms with E-state index in [9.17, 15) is 4.79 Å². The second-order valence-corrected chi connectivity index (χ2v) is 4.83. The lowest BCUT2D eigenvalue weighted by atomic mass is 9.98. The molecule has 2 rings (SSSR count). The van der Waals surface area contributed by atoms with E-state index in [1.165, 1.54) is 6.42 Å². The smallest absolute Gasteiger partial charge is 0.250 e. The van der Waals surface area contributed by atoms with Crippen molar-refractivity contribution in [3.05, 3.63) is 23.8 Å². The number of piperidine rings is 1. The lowest BCUT2D eigenvalue weighted by Gasteiger charge is -2.33. The number of carbonyl (C=O) groups excluding carboxylic acids is 1. The summed E-state index contributed by atoms with van der Waals surface area (Å²) in [5.74, 6) is 0.243. The number of benzene rings is 1. The Morgan fingerprint density at radius 3 is 2.88 bits per heavy atom. The van der Waals surface area contributed by atoms with Crippen LogP contribution in [-0.2, 0) is 0 Å². The number of carbonyl (C=O) groups is 1. The maximum atomic E-state index is 11.4. The quantitative estimate of drug-likeness (QED) is 0.762. The van der Waals surface area contributed by atoms with E-state index in [0.29, 0.717) is 17.2 Å². The van der Waals surface area contributed by atoms with Crippen molar-refractivity contribution in [1.82, 2.24) is 0 Å². The van der Waals surface area contributed by atoms with E-state index < -0.39 is 5.91 Å². The summed E-state index contributed by atoms with van der Waals surface area (Å²) in [6.45, 7) is 4.19. The fourth-order valence-electron chi connectivity index (χ4n) is 2.43. The third-order valence-electron chi connectivity index (χ3n) is 3.28. The van der Waals surface area contributed by atoms with Gasteiger partial charge in [-0.3, -0.25) is 4.79 Å². The minimum absolute atomic E-state index is 0.412. The summed E-state index contributed by atoms with van der Waals surface area (Å²) in [4.78, 5) is 13.7. The highest BCUT2D eigenvalue weighted by atomic mass is 16.1. The summed E-state index contributed by atoms with van der Waals surface area (Å²) in [6.07, 6.45) is 2.40. The zero-order valence-electron chi connectivity index (χ0n) is 10.1. The fourth-order valence-corrected chi connectivity index (χ4v) is 2.43. The minimum Gasteiger partial charge on any atom is -0.399 e. The van der Waals surface area contributed by atoms with Crippen LogP contribution in [0.25, 0.3) is 0 Å². The van der Waals surface area contributed by atoms with Gasteiger partial charge in [-0.2, -0.15) is 0 Å². The van der Waals surface area contributed by atoms with Crippen LogP contribution in [0.3, 0.4) is 0 Å². The van der Waals surface area contributed by atoms with E-state index in [-0.39, 0.29) is 0 Å². The average Bonchev–Trinajstić information content (AvgIpc) is 2.28. The van der Waals surface area contributed by atoms with Gasteiger partial charge in [0, 0.05) is 24.5 Å². The molecule has 1 aromatic carbocycles. The molecule has 1 saturated heterocycles. The van der Waals surface area contributed by atoms with Crippen molar-refractivity contribution in [1.29, 1.82) is 0 Å². The Morgan fingerprint density at radius 2 is 2.24 bits per heavy atom. The molecule has 1 aromatic rings. The molecule has 1 heterocycles. The van der Waals surface area contributed by atoms with Gasteiger partial charge >= 0.3 is 0 Å². The summed E-state index contributed by atoms with van der Waals surface area (Å²) in [6, 6.07) is 5.38. The van der Waals surface area contributed by atoms with E-state index >= 15 is 0 Å². The zero-order valence-corrected chi connectivity index (χ0v) is 10.1. The monoisotopic (exact) mass is 233 g/mol. The molecule has 92 valence electrons. The lowest BCUT2D eigenvalue weighted by Crippen LogP contribution is -2.35. The van der Waals surface area contributed by atoms with Crippen molar-refractivity contribution in [3.8, 4) is 0 Å². The SMILES string of the molecule is C[C@@H]1CCCN(c2ccc(N)cc2C(N)=O)C1. The zero-order chi connectivity index (χ0) is 12.4. The van der Waals surface area contributed by atoms with Crippen LogP contribution in [-0.4, -0.2) is 19.0 Å². The topological polar surface area (TPSA) is 72.3 Å². The van der Waals surface area contributed by atoms with Gasteiger partial charge in [0.1, 0.15) is 0 Å². The van der Waals surface area contributed by atoms with Crippen molar-refractivity contribution in [2.45, 2.75) is 19.8 Å². The van der Waals surface area contributed by atoms with Crippen molar-refractivity contribution in [3.63, 3.8) is 0 Å². The van der Waals surface area contributed by atoms with E-state index in [4.69, 9.17) is 11.5 Å². The number of rotatable bonds is 2. The second kappa shape index (κ2) is 4.65. The first-order chi connectivity index (χ1) is 8.08. The van der Waals surface area contributed by atoms with Crippen molar-refractivity contribution >= 4 is 17.3 Å². The third-order valence-corrected chi connectivity index (χ3v) is 3.28. The Labute approximate surface area is 102 Å². The van der Waals surface area contributed by atoms with Gasteiger partial charge in [0.05, 0.1) is 5.56 Å². The molecule has 0 bridgehead atoms. The largest absolute Gasteiger partial charge is 0.399 e. The molecule has 0 aliphatic carbocycles. The first kappa shape index (κ1) is 11.8. The van der Waals surface area contributed by atoms with Crippen molar-refractivity contribution < 1.29 is 4.79 Å². The number of hydrogen-bond donors (Lipinski definition) is 2. The highest BCUT2D eigenvalue weighted by Gasteiger charge is 2.20. The van der Waals surface area contributed by atoms with Crippen LogP contribution < -0.4 is 16.4 Å². The molecule has 0 radical (unpaired) electrons. The maximum Gasteiger partial charge on any atom is 0.250 e. The molecule has 0 unspecified atom stereocenters. The van der Waals surface area contributed by atoms with Gasteiger partial charge in [-0.15, -0.1) is 0 Å². The summed E-state index contributed by atoms with van der Waals surface area (Å²) < 4.78 is 0. The maximum absolute atomic E-state index is 11.4. The van der Waals surface area contributed by atoms with Crippen molar-refractivity contribution in [2.75, 3.05) is 23.7 Å². The molecule has 0 aromatic heterocycles. The van der Waals surface area contributed by atoms with Gasteiger partial charge < -0.3 is 16.4 Å². The Kier molecular flexibility index (Phi) is 3.22. The normalized spacial score (nSPS) is 20.3. The molecule has 1 aliphatic heterocycles. The van der Waals surface area contributed by atoms with Crippen LogP contribution in [0.4, 0.5) is 11.4 Å². The predicted octanol–water partition coefficient (Wildman–Crippen LogP) is 1.60. The van der Waals surface area contributed by atoms with Crippen LogP contribution in [0.2, 0.25) is 0 Å². The molecule has 4 heteroatoms. The second-order valence-electron chi connectivity index (χ2n) is 4.83. The van der Waals surface area contributed by atoms with Crippen LogP contribution >= 0.6 is 0 Å². The molecule has 17 heavy (non-hydrogen) atoms. The van der Waals surface area contributed by atoms with Gasteiger partial charge in [-0.1, -0.05) is 6.92 Å². The van der Waals surface area contributed by atoms with Gasteiger partial charge in [-0.05, 0) is 37.0 Å². The molecule has 0 spiro atoms. The number of amides is 1. The summed E-state index contributed by atoms with van der Waals surface area (Å²) in [7, 11) is 0. The van der Waals surface area contributed by atoms with Crippen LogP contribution in [0.15, 0.2) is 18.2 Å². The summed E-state index contributed by atoms with van der Waals surface area (Å²) >= 11 is 0. The van der Waals surface area contributed by atoms with E-state index in [1.807, 2.05) is 12.1 Å². The molecule has 1 fully saturated rings. The van der Waals surface area contributed by atoms with Crippen LogP contribution in [0.5, 0.6) is 0 Å². The molecule has 4 nitrogen and oxygen atoms in total. The van der Waals surface area contributed by atoms with Crippen molar-refractivity contribution in [2.24, 2.45) is 11.7 Å². The van der Waals surface area contributed by atoms with E-state index in [1.54, 1.807) is 6.07 Å². The molecular formula is C13H19N3O. The van der Waals surface area contributed by atoms with Gasteiger partial charge in [0.15, 0.2) is 0 Å². The average molecular weight is 233 g/mol. The number of nitrogen functional groups attached to an aromatic ring is 1. The third kappa shape index (κ3) is 2.52. The number of hydrogen-bond acceptors (Lipinski definition) is 3. The number of primary amides is 1. The fraction of sp³-hybridized carbons (Fsp3) is 0.462. The number of nitrogens with two attached hydrogens (primary N) is 2. The summed E-state index contributed by atoms with van der Waals surface area (Å²) in [5, 5.41) is 0. The standard InChI is InChI=1S/C13H19N3O/c1-9-3-2-6-16(8-9)12-5-4-10(14)7-11(12)13(15)17/h4-5,7,9H,2-3,6,8,14H2,1H3,(H2,15,17)/t9-/m1/s1. The minimum atomic E-state index is -0.412. The molecule has 1 aliphatic rings. The van der Waals surface area contributed by atoms with E-state index in [2.05, 4.69) is 11.8 Å². The number of anilines is 2. The summed E-state index contributed by atoms with van der Waals surface area (Å²) in [5.41, 5.74) is 13.1. The Morgan fingerprint density at radius 1 is 1.47 bits per heavy atom. The molecular weight excluding hydrogens is 214 g/mol. The van der Waals surface area contributed by atoms with Gasteiger partial charge in [0.2, 0.25) is 0 Å². The predicted molar refractivity (Wildman–Crippen MR) is 70.0 cm³/mol. The van der Waals surface area contributed by atoms with Gasteiger partial charge in [-0.25, -0.2) is 0 Å². The van der Waals surface area contributed by atoms with Gasteiger partial charge in [0.25, 0.3) is 5.91 Å². The Hall–Kier alpha value is -1.71. The molecule has 1 atom stereocenters. The molecule has 1 amide bonds. The highest BCUT2D eigenvalue weighted by molar-refractivity contribution is 5.99. The highest BCUT2D eigenvalue weighted by Crippen LogP contribution is 2.27. The molecule has 0 saturated carbocycles.